The average Bonchev–Trinajstić information content (AvgIpc) is 2.38. The van der Waals surface area contributed by atoms with Crippen molar-refractivity contribution in [3.8, 4) is 0 Å². The fraction of sp³-hybridized carbons (Fsp3) is 0.889. The number of hydrogen-bond donors (Lipinski definition) is 6. The van der Waals surface area contributed by atoms with Crippen molar-refractivity contribution in [1.82, 2.24) is 10.6 Å². The van der Waals surface area contributed by atoms with Crippen molar-refractivity contribution in [3.63, 3.8) is 0 Å². The summed E-state index contributed by atoms with van der Waals surface area (Å²) in [6.07, 6.45) is 0.793. The minimum absolute atomic E-state index is 0.117. The van der Waals surface area contributed by atoms with E-state index in [4.69, 9.17) is 23.2 Å². The van der Waals surface area contributed by atoms with Crippen LogP contribution in [-0.4, -0.2) is 70.1 Å². The second kappa shape index (κ2) is 9.41. The van der Waals surface area contributed by atoms with Gasteiger partial charge >= 0.3 is 23.6 Å². The SMILES string of the molecule is CO[Si](O)(CCCNC(=O)NCCC[Si](O)(O)O)OC. The molecule has 0 atom stereocenters. The van der Waals surface area contributed by atoms with Crippen LogP contribution in [0.1, 0.15) is 12.8 Å². The monoisotopic (exact) mass is 328 g/mol. The van der Waals surface area contributed by atoms with Gasteiger partial charge in [0.25, 0.3) is 0 Å². The van der Waals surface area contributed by atoms with E-state index in [1.165, 1.54) is 14.2 Å². The molecule has 0 saturated heterocycles. The molecule has 0 heterocycles. The fourth-order valence-electron chi connectivity index (χ4n) is 1.39. The number of rotatable bonds is 10. The van der Waals surface area contributed by atoms with Crippen molar-refractivity contribution in [1.29, 1.82) is 0 Å². The van der Waals surface area contributed by atoms with Crippen LogP contribution >= 0.6 is 0 Å². The number of carbonyl (C=O) groups is 1. The van der Waals surface area contributed by atoms with Gasteiger partial charge in [0.05, 0.1) is 0 Å². The van der Waals surface area contributed by atoms with Crippen LogP contribution in [-0.2, 0) is 8.85 Å². The number of urea groups is 1. The molecule has 0 aliphatic heterocycles. The van der Waals surface area contributed by atoms with Gasteiger partial charge < -0.3 is 38.7 Å². The van der Waals surface area contributed by atoms with Crippen LogP contribution in [0, 0.1) is 0 Å². The van der Waals surface area contributed by atoms with E-state index < -0.39 is 23.6 Å². The van der Waals surface area contributed by atoms with Gasteiger partial charge in [0.2, 0.25) is 0 Å². The number of nitrogens with one attached hydrogen (secondary N) is 2. The first-order chi connectivity index (χ1) is 9.22. The summed E-state index contributed by atoms with van der Waals surface area (Å²) in [5, 5.41) is 5.08. The molecule has 11 heteroatoms. The van der Waals surface area contributed by atoms with E-state index in [1.54, 1.807) is 0 Å². The van der Waals surface area contributed by atoms with E-state index in [0.29, 0.717) is 19.0 Å². The molecule has 0 aromatic rings. The summed E-state index contributed by atoms with van der Waals surface area (Å²) < 4.78 is 9.76. The molecular weight excluding hydrogens is 304 g/mol. The number of amides is 2. The Bertz CT molecular complexity index is 284. The summed E-state index contributed by atoms with van der Waals surface area (Å²) in [6.45, 7) is 0.587. The van der Waals surface area contributed by atoms with Crippen LogP contribution in [0.5, 0.6) is 0 Å². The van der Waals surface area contributed by atoms with Crippen LogP contribution < -0.4 is 10.6 Å². The maximum atomic E-state index is 11.3. The van der Waals surface area contributed by atoms with E-state index in [0.717, 1.165) is 0 Å². The second-order valence-electron chi connectivity index (χ2n) is 4.29. The summed E-state index contributed by atoms with van der Waals surface area (Å²) in [6, 6.07) is -0.173. The van der Waals surface area contributed by atoms with Crippen LogP contribution in [0.3, 0.4) is 0 Å². The molecular formula is C9H24N2O7Si2. The highest BCUT2D eigenvalue weighted by atomic mass is 28.4. The Balaban J connectivity index is 3.60. The van der Waals surface area contributed by atoms with Gasteiger partial charge in [-0.3, -0.25) is 0 Å². The van der Waals surface area contributed by atoms with Crippen molar-refractivity contribution in [2.75, 3.05) is 27.3 Å². The van der Waals surface area contributed by atoms with Gasteiger partial charge in [0.1, 0.15) is 0 Å². The summed E-state index contributed by atoms with van der Waals surface area (Å²) in [5.74, 6) is 0. The molecule has 0 aliphatic carbocycles. The van der Waals surface area contributed by atoms with E-state index in [2.05, 4.69) is 10.6 Å². The molecule has 6 N–H and O–H groups in total. The van der Waals surface area contributed by atoms with Gasteiger partial charge in [-0.1, -0.05) is 0 Å². The van der Waals surface area contributed by atoms with E-state index in [1.807, 2.05) is 0 Å². The van der Waals surface area contributed by atoms with Crippen LogP contribution in [0.15, 0.2) is 0 Å². The van der Waals surface area contributed by atoms with E-state index in [-0.39, 0.29) is 19.0 Å². The molecule has 120 valence electrons. The van der Waals surface area contributed by atoms with Gasteiger partial charge in [-0.15, -0.1) is 0 Å². The fourth-order valence-corrected chi connectivity index (χ4v) is 3.24. The first-order valence-electron chi connectivity index (χ1n) is 6.24. The van der Waals surface area contributed by atoms with Crippen molar-refractivity contribution >= 4 is 23.6 Å². The quantitative estimate of drug-likeness (QED) is 0.205. The minimum Gasteiger partial charge on any atom is -0.390 e. The third-order valence-electron chi connectivity index (χ3n) is 2.57. The largest absolute Gasteiger partial charge is 0.497 e. The van der Waals surface area contributed by atoms with Gasteiger partial charge in [0, 0.05) is 39.4 Å². The Kier molecular flexibility index (Phi) is 9.16. The molecule has 0 unspecified atom stereocenters. The highest BCUT2D eigenvalue weighted by Crippen LogP contribution is 2.09. The molecule has 0 radical (unpaired) electrons. The molecule has 0 rings (SSSR count). The minimum atomic E-state index is -4.01. The maximum absolute atomic E-state index is 11.3. The maximum Gasteiger partial charge on any atom is 0.497 e. The lowest BCUT2D eigenvalue weighted by Crippen LogP contribution is -2.42. The first-order valence-corrected chi connectivity index (χ1v) is 10.3. The second-order valence-corrected chi connectivity index (χ2v) is 9.08. The highest BCUT2D eigenvalue weighted by molar-refractivity contribution is 6.59. The molecule has 2 amide bonds. The molecule has 0 aliphatic rings. The topological polar surface area (TPSA) is 141 Å². The normalized spacial score (nSPS) is 12.3. The summed E-state index contributed by atoms with van der Waals surface area (Å²) in [4.78, 5) is 47.3. The predicted octanol–water partition coefficient (Wildman–Crippen LogP) is -1.79. The Morgan fingerprint density at radius 3 is 1.80 bits per heavy atom. The van der Waals surface area contributed by atoms with Crippen molar-refractivity contribution in [2.45, 2.75) is 24.9 Å². The summed E-state index contributed by atoms with van der Waals surface area (Å²) in [7, 11) is -4.33. The summed E-state index contributed by atoms with van der Waals surface area (Å²) in [5.41, 5.74) is 0. The molecule has 0 fully saturated rings. The van der Waals surface area contributed by atoms with Crippen LogP contribution in [0.4, 0.5) is 4.79 Å². The van der Waals surface area contributed by atoms with Crippen molar-refractivity contribution < 1.29 is 32.8 Å². The molecule has 9 nitrogen and oxygen atoms in total. The number of carbonyl (C=O) groups excluding carboxylic acids is 1. The first kappa shape index (κ1) is 19.5. The Hall–Kier alpha value is -0.536. The third kappa shape index (κ3) is 10.3. The molecule has 0 spiro atoms. The van der Waals surface area contributed by atoms with E-state index in [9.17, 15) is 9.59 Å². The van der Waals surface area contributed by atoms with E-state index >= 15 is 0 Å². The Morgan fingerprint density at radius 1 is 0.950 bits per heavy atom. The zero-order valence-electron chi connectivity index (χ0n) is 11.8. The molecule has 0 aromatic heterocycles. The predicted molar refractivity (Wildman–Crippen MR) is 74.7 cm³/mol. The van der Waals surface area contributed by atoms with Crippen molar-refractivity contribution in [3.05, 3.63) is 0 Å². The van der Waals surface area contributed by atoms with Crippen molar-refractivity contribution in [2.24, 2.45) is 0 Å². The summed E-state index contributed by atoms with van der Waals surface area (Å²) >= 11 is 0. The lowest BCUT2D eigenvalue weighted by molar-refractivity contribution is 0.150. The standard InChI is InChI=1S/C9H24N2O7Si2/c1-17-20(16,18-2)8-4-6-11-9(12)10-5-3-7-19(13,14)15/h13-16H,3-8H2,1-2H3,(H2,10,11,12). The third-order valence-corrected chi connectivity index (χ3v) is 5.85. The molecule has 0 bridgehead atoms. The van der Waals surface area contributed by atoms with Gasteiger partial charge in [-0.2, -0.15) is 0 Å². The van der Waals surface area contributed by atoms with Crippen LogP contribution in [0.2, 0.25) is 12.1 Å². The highest BCUT2D eigenvalue weighted by Gasteiger charge is 2.33. The van der Waals surface area contributed by atoms with Gasteiger partial charge in [0.15, 0.2) is 0 Å². The Morgan fingerprint density at radius 2 is 1.40 bits per heavy atom. The molecule has 0 aromatic carbocycles. The van der Waals surface area contributed by atoms with Crippen LogP contribution in [0.25, 0.3) is 0 Å². The zero-order chi connectivity index (χ0) is 15.6. The molecule has 20 heavy (non-hydrogen) atoms. The smallest absolute Gasteiger partial charge is 0.390 e. The lowest BCUT2D eigenvalue weighted by atomic mass is 10.4. The lowest BCUT2D eigenvalue weighted by Gasteiger charge is -2.19. The zero-order valence-corrected chi connectivity index (χ0v) is 13.8. The van der Waals surface area contributed by atoms with Gasteiger partial charge in [-0.05, 0) is 12.8 Å². The molecule has 0 saturated carbocycles. The Labute approximate surface area is 120 Å². The van der Waals surface area contributed by atoms with Gasteiger partial charge in [-0.25, -0.2) is 4.79 Å². The average molecular weight is 328 g/mol. The number of hydrogen-bond acceptors (Lipinski definition) is 7.